The largest absolute Gasteiger partial charge is 0.394 e. The molecule has 4 N–H and O–H groups in total. The number of unbranched alkanes of at least 4 members (excludes halogenated alkanes) is 34. The van der Waals surface area contributed by atoms with E-state index in [1.165, 1.54) is 212 Å². The third-order valence-electron chi connectivity index (χ3n) is 12.3. The van der Waals surface area contributed by atoms with Gasteiger partial charge >= 0.3 is 0 Å². The summed E-state index contributed by atoms with van der Waals surface area (Å²) in [6.45, 7) is 4.22. The van der Waals surface area contributed by atoms with E-state index in [4.69, 9.17) is 0 Å². The van der Waals surface area contributed by atoms with Gasteiger partial charge in [-0.15, -0.1) is 0 Å². The number of hydrogen-bond acceptors (Lipinski definition) is 4. The van der Waals surface area contributed by atoms with E-state index in [1.54, 1.807) is 6.08 Å². The number of rotatable bonds is 49. The highest BCUT2D eigenvalue weighted by Crippen LogP contribution is 2.16. The number of carbonyl (C=O) groups is 1. The van der Waals surface area contributed by atoms with Crippen molar-refractivity contribution in [3.05, 3.63) is 48.6 Å². The van der Waals surface area contributed by atoms with E-state index in [0.717, 1.165) is 38.5 Å². The van der Waals surface area contributed by atoms with E-state index in [1.807, 2.05) is 6.08 Å². The minimum absolute atomic E-state index is 0.00236. The van der Waals surface area contributed by atoms with Crippen LogP contribution < -0.4 is 5.32 Å². The summed E-state index contributed by atoms with van der Waals surface area (Å²) < 4.78 is 0. The van der Waals surface area contributed by atoms with Gasteiger partial charge in [-0.2, -0.15) is 0 Å². The second kappa shape index (κ2) is 50.9. The standard InChI is InChI=1S/C56H105NO4/c1-3-5-7-9-11-13-15-17-19-21-23-25-26-27-28-30-31-33-35-37-39-41-43-45-47-49-53(59)51-56(61)57-54(52-58)55(60)50-48-46-44-42-40-38-36-34-32-29-24-22-20-18-16-14-12-10-8-6-4-2/h23,25,27-28,40,42,48,50,53-55,58-60H,3-22,24,26,29-39,41,43-47,49,51-52H2,1-2H3,(H,57,61)/b25-23-,28-27-,42-40+,50-48+. The lowest BCUT2D eigenvalue weighted by molar-refractivity contribution is -0.124. The molecule has 0 saturated carbocycles. The minimum atomic E-state index is -0.955. The molecule has 3 unspecified atom stereocenters. The van der Waals surface area contributed by atoms with Crippen LogP contribution >= 0.6 is 0 Å². The van der Waals surface area contributed by atoms with Gasteiger partial charge in [-0.25, -0.2) is 0 Å². The number of nitrogens with one attached hydrogen (secondary N) is 1. The topological polar surface area (TPSA) is 89.8 Å². The zero-order valence-corrected chi connectivity index (χ0v) is 40.8. The predicted molar refractivity (Wildman–Crippen MR) is 268 cm³/mol. The smallest absolute Gasteiger partial charge is 0.222 e. The lowest BCUT2D eigenvalue weighted by Gasteiger charge is -2.21. The van der Waals surface area contributed by atoms with E-state index in [0.29, 0.717) is 6.42 Å². The fourth-order valence-electron chi connectivity index (χ4n) is 8.21. The summed E-state index contributed by atoms with van der Waals surface area (Å²) in [7, 11) is 0. The van der Waals surface area contributed by atoms with Gasteiger partial charge in [-0.3, -0.25) is 4.79 Å². The summed E-state index contributed by atoms with van der Waals surface area (Å²) in [5, 5.41) is 33.4. The average Bonchev–Trinajstić information content (AvgIpc) is 3.25. The first kappa shape index (κ1) is 59.3. The Morgan fingerprint density at radius 1 is 0.426 bits per heavy atom. The van der Waals surface area contributed by atoms with Gasteiger partial charge in [0.15, 0.2) is 0 Å². The van der Waals surface area contributed by atoms with Gasteiger partial charge in [0.1, 0.15) is 0 Å². The number of aliphatic hydroxyl groups excluding tert-OH is 3. The molecule has 0 aromatic carbocycles. The molecule has 0 aliphatic rings. The van der Waals surface area contributed by atoms with Crippen LogP contribution in [0, 0.1) is 0 Å². The quantitative estimate of drug-likeness (QED) is 0.0362. The third-order valence-corrected chi connectivity index (χ3v) is 12.3. The molecule has 0 spiro atoms. The van der Waals surface area contributed by atoms with Gasteiger partial charge < -0.3 is 20.6 Å². The molecule has 1 amide bonds. The van der Waals surface area contributed by atoms with E-state index in [-0.39, 0.29) is 18.9 Å². The summed E-state index contributed by atoms with van der Waals surface area (Å²) >= 11 is 0. The lowest BCUT2D eigenvalue weighted by Crippen LogP contribution is -2.45. The first-order chi connectivity index (χ1) is 30.0. The Morgan fingerprint density at radius 2 is 0.754 bits per heavy atom. The number of carbonyl (C=O) groups excluding carboxylic acids is 1. The molecule has 5 nitrogen and oxygen atoms in total. The Bertz CT molecular complexity index is 989. The highest BCUT2D eigenvalue weighted by atomic mass is 16.3. The lowest BCUT2D eigenvalue weighted by atomic mass is 10.0. The molecule has 61 heavy (non-hydrogen) atoms. The second-order valence-electron chi connectivity index (χ2n) is 18.5. The zero-order chi connectivity index (χ0) is 44.4. The van der Waals surface area contributed by atoms with Crippen LogP contribution in [0.3, 0.4) is 0 Å². The SMILES string of the molecule is CCCCCCCCCCC/C=C\C/C=C\CCCCCCCCCCCC(O)CC(=O)NC(CO)C(O)/C=C/CC/C=C/CCCCCCCCCCCCCCCCC. The van der Waals surface area contributed by atoms with Crippen molar-refractivity contribution in [2.24, 2.45) is 0 Å². The van der Waals surface area contributed by atoms with Crippen molar-refractivity contribution in [2.75, 3.05) is 6.61 Å². The van der Waals surface area contributed by atoms with Crippen LogP contribution in [-0.4, -0.2) is 46.1 Å². The Hall–Kier alpha value is -1.69. The molecule has 0 aromatic heterocycles. The van der Waals surface area contributed by atoms with Crippen molar-refractivity contribution in [1.82, 2.24) is 5.32 Å². The fourth-order valence-corrected chi connectivity index (χ4v) is 8.21. The molecule has 0 aliphatic heterocycles. The molecule has 358 valence electrons. The molecule has 0 aromatic rings. The molecule has 5 heteroatoms. The Balaban J connectivity index is 3.64. The molecule has 3 atom stereocenters. The van der Waals surface area contributed by atoms with Gasteiger partial charge in [-0.1, -0.05) is 255 Å². The van der Waals surface area contributed by atoms with E-state index in [2.05, 4.69) is 55.6 Å². The van der Waals surface area contributed by atoms with Crippen molar-refractivity contribution < 1.29 is 20.1 Å². The van der Waals surface area contributed by atoms with Gasteiger partial charge in [0.25, 0.3) is 0 Å². The molecule has 0 saturated heterocycles. The molecule has 0 bridgehead atoms. The van der Waals surface area contributed by atoms with Gasteiger partial charge in [0.05, 0.1) is 31.3 Å². The van der Waals surface area contributed by atoms with E-state index < -0.39 is 18.2 Å². The molecule has 0 heterocycles. The van der Waals surface area contributed by atoms with Crippen molar-refractivity contribution in [2.45, 2.75) is 295 Å². The van der Waals surface area contributed by atoms with Gasteiger partial charge in [-0.05, 0) is 64.2 Å². The van der Waals surface area contributed by atoms with Crippen molar-refractivity contribution >= 4 is 5.91 Å². The van der Waals surface area contributed by atoms with Crippen molar-refractivity contribution in [3.63, 3.8) is 0 Å². The minimum Gasteiger partial charge on any atom is -0.394 e. The van der Waals surface area contributed by atoms with Gasteiger partial charge in [0.2, 0.25) is 5.91 Å². The predicted octanol–water partition coefficient (Wildman–Crippen LogP) is 16.4. The summed E-state index contributed by atoms with van der Waals surface area (Å²) in [6.07, 6.45) is 67.1. The maximum Gasteiger partial charge on any atom is 0.222 e. The summed E-state index contributed by atoms with van der Waals surface area (Å²) in [5.74, 6) is -0.326. The molecule has 0 radical (unpaired) electrons. The molecule has 0 fully saturated rings. The summed E-state index contributed by atoms with van der Waals surface area (Å²) in [6, 6.07) is -0.764. The summed E-state index contributed by atoms with van der Waals surface area (Å²) in [5.41, 5.74) is 0. The van der Waals surface area contributed by atoms with Crippen LogP contribution in [0.2, 0.25) is 0 Å². The van der Waals surface area contributed by atoms with E-state index >= 15 is 0 Å². The normalized spacial score (nSPS) is 13.7. The average molecular weight is 856 g/mol. The van der Waals surface area contributed by atoms with Crippen molar-refractivity contribution in [3.8, 4) is 0 Å². The Kier molecular flexibility index (Phi) is 49.5. The first-order valence-corrected chi connectivity index (χ1v) is 26.9. The highest BCUT2D eigenvalue weighted by molar-refractivity contribution is 5.76. The maximum absolute atomic E-state index is 12.5. The Labute approximate surface area is 380 Å². The molecule has 0 aliphatic carbocycles. The number of aliphatic hydroxyl groups is 3. The van der Waals surface area contributed by atoms with Gasteiger partial charge in [0, 0.05) is 0 Å². The third kappa shape index (κ3) is 47.6. The number of hydrogen-bond donors (Lipinski definition) is 4. The van der Waals surface area contributed by atoms with E-state index in [9.17, 15) is 20.1 Å². The number of amides is 1. The van der Waals surface area contributed by atoms with Crippen LogP contribution in [0.25, 0.3) is 0 Å². The van der Waals surface area contributed by atoms with Crippen molar-refractivity contribution in [1.29, 1.82) is 0 Å². The van der Waals surface area contributed by atoms with Crippen LogP contribution in [0.5, 0.6) is 0 Å². The molecule has 0 rings (SSSR count). The monoisotopic (exact) mass is 856 g/mol. The van der Waals surface area contributed by atoms with Crippen LogP contribution in [0.15, 0.2) is 48.6 Å². The maximum atomic E-state index is 12.5. The molecular formula is C56H105NO4. The highest BCUT2D eigenvalue weighted by Gasteiger charge is 2.20. The second-order valence-corrected chi connectivity index (χ2v) is 18.5. The first-order valence-electron chi connectivity index (χ1n) is 26.9. The van der Waals surface area contributed by atoms with Crippen LogP contribution in [-0.2, 0) is 4.79 Å². The fraction of sp³-hybridized carbons (Fsp3) is 0.839. The van der Waals surface area contributed by atoms with Crippen LogP contribution in [0.1, 0.15) is 277 Å². The molecular weight excluding hydrogens is 751 g/mol. The van der Waals surface area contributed by atoms with Crippen LogP contribution in [0.4, 0.5) is 0 Å². The zero-order valence-electron chi connectivity index (χ0n) is 40.8. The summed E-state index contributed by atoms with van der Waals surface area (Å²) in [4.78, 5) is 12.5. The Morgan fingerprint density at radius 3 is 1.15 bits per heavy atom. The number of allylic oxidation sites excluding steroid dienone is 7.